The molecule has 0 aliphatic rings. The third kappa shape index (κ3) is 26.9. The topological polar surface area (TPSA) is 57.2 Å². The fourth-order valence-corrected chi connectivity index (χ4v) is 8.11. The molecule has 1 aromatic rings. The van der Waals surface area contributed by atoms with Gasteiger partial charge in [-0.1, -0.05) is 213 Å². The van der Waals surface area contributed by atoms with Crippen molar-refractivity contribution in [3.05, 3.63) is 28.8 Å². The van der Waals surface area contributed by atoms with E-state index in [1.54, 1.807) is 6.07 Å². The number of aryl methyl sites for hydroxylation is 1. The molecule has 0 aliphatic carbocycles. The van der Waals surface area contributed by atoms with Crippen LogP contribution in [0.15, 0.2) is 17.0 Å². The summed E-state index contributed by atoms with van der Waals surface area (Å²) in [7, 11) is -4.46. The van der Waals surface area contributed by atoms with Crippen molar-refractivity contribution in [1.29, 1.82) is 0 Å². The maximum Gasteiger partial charge on any atom is 1.00 e. The zero-order chi connectivity index (χ0) is 34.3. The molecule has 1 aromatic carbocycles. The van der Waals surface area contributed by atoms with Crippen LogP contribution < -0.4 is 29.6 Å². The smallest absolute Gasteiger partial charge is 0.744 e. The van der Waals surface area contributed by atoms with Gasteiger partial charge in [-0.25, -0.2) is 8.42 Å². The number of rotatable bonds is 35. The number of unbranched alkanes of at least 4 members (excludes halogenated alkanes) is 30. The Balaban J connectivity index is 0.0000221. The average Bonchev–Trinajstić information content (AvgIpc) is 3.04. The van der Waals surface area contributed by atoms with Crippen LogP contribution in [0, 0.1) is 6.92 Å². The van der Waals surface area contributed by atoms with Crippen LogP contribution in [-0.4, -0.2) is 13.0 Å². The Bertz CT molecular complexity index is 946. The predicted molar refractivity (Wildman–Crippen MR) is 206 cm³/mol. The SMILES string of the molecule is CCCCCCCCCCCCCCCCCCc1c(C)ccc(S(=O)(=O)[O-])c1CCCCCCCCCCCCCCCCCC.[Na+]. The molecule has 3 nitrogen and oxygen atoms in total. The Labute approximate surface area is 323 Å². The molecule has 0 bridgehead atoms. The van der Waals surface area contributed by atoms with E-state index in [0.717, 1.165) is 42.4 Å². The fourth-order valence-electron chi connectivity index (χ4n) is 7.34. The van der Waals surface area contributed by atoms with E-state index in [9.17, 15) is 13.0 Å². The van der Waals surface area contributed by atoms with Crippen molar-refractivity contribution in [2.45, 2.75) is 244 Å². The van der Waals surface area contributed by atoms with Crippen LogP contribution in [0.1, 0.15) is 236 Å². The third-order valence-electron chi connectivity index (χ3n) is 10.5. The maximum absolute atomic E-state index is 12.2. The Kier molecular flexibility index (Phi) is 34.3. The molecule has 0 heterocycles. The summed E-state index contributed by atoms with van der Waals surface area (Å²) in [5.41, 5.74) is 3.10. The van der Waals surface area contributed by atoms with E-state index >= 15 is 0 Å². The number of hydrogen-bond acceptors (Lipinski definition) is 3. The van der Waals surface area contributed by atoms with Crippen molar-refractivity contribution in [3.63, 3.8) is 0 Å². The van der Waals surface area contributed by atoms with Crippen molar-refractivity contribution >= 4 is 10.1 Å². The maximum atomic E-state index is 12.2. The largest absolute Gasteiger partial charge is 1.00 e. The fraction of sp³-hybridized carbons (Fsp3) is 0.860. The van der Waals surface area contributed by atoms with Crippen LogP contribution in [-0.2, 0) is 23.0 Å². The van der Waals surface area contributed by atoms with Gasteiger partial charge in [0.2, 0.25) is 0 Å². The van der Waals surface area contributed by atoms with Crippen LogP contribution in [0.2, 0.25) is 0 Å². The molecular weight excluding hydrogens is 620 g/mol. The Morgan fingerprint density at radius 3 is 0.938 bits per heavy atom. The molecule has 0 atom stereocenters. The van der Waals surface area contributed by atoms with Gasteiger partial charge in [-0.3, -0.25) is 0 Å². The Hall–Kier alpha value is 0.130. The van der Waals surface area contributed by atoms with Gasteiger partial charge in [0.15, 0.2) is 0 Å². The van der Waals surface area contributed by atoms with Crippen LogP contribution in [0.25, 0.3) is 0 Å². The van der Waals surface area contributed by atoms with Crippen molar-refractivity contribution in [1.82, 2.24) is 0 Å². The van der Waals surface area contributed by atoms with Gasteiger partial charge in [0.05, 0.1) is 4.90 Å². The van der Waals surface area contributed by atoms with Crippen LogP contribution >= 0.6 is 0 Å². The second-order valence-electron chi connectivity index (χ2n) is 14.9. The normalized spacial score (nSPS) is 11.7. The molecule has 0 aromatic heterocycles. The molecular formula is C43H79NaO3S. The molecule has 0 saturated carbocycles. The molecule has 48 heavy (non-hydrogen) atoms. The van der Waals surface area contributed by atoms with E-state index < -0.39 is 10.1 Å². The second kappa shape index (κ2) is 34.2. The number of hydrogen-bond donors (Lipinski definition) is 0. The van der Waals surface area contributed by atoms with Crippen molar-refractivity contribution in [2.75, 3.05) is 0 Å². The van der Waals surface area contributed by atoms with Crippen LogP contribution in [0.3, 0.4) is 0 Å². The Morgan fingerprint density at radius 2 is 0.667 bits per heavy atom. The minimum atomic E-state index is -4.46. The van der Waals surface area contributed by atoms with Gasteiger partial charge in [-0.15, -0.1) is 0 Å². The first-order valence-corrected chi connectivity index (χ1v) is 22.4. The quantitative estimate of drug-likeness (QED) is 0.0403. The van der Waals surface area contributed by atoms with E-state index in [0.29, 0.717) is 6.42 Å². The van der Waals surface area contributed by atoms with Gasteiger partial charge in [0.1, 0.15) is 10.1 Å². The van der Waals surface area contributed by atoms with E-state index in [4.69, 9.17) is 0 Å². The first-order valence-electron chi connectivity index (χ1n) is 21.0. The minimum absolute atomic E-state index is 0. The summed E-state index contributed by atoms with van der Waals surface area (Å²) in [4.78, 5) is 0.0375. The summed E-state index contributed by atoms with van der Waals surface area (Å²) in [6.45, 7) is 6.65. The summed E-state index contributed by atoms with van der Waals surface area (Å²) in [5, 5.41) is 0. The summed E-state index contributed by atoms with van der Waals surface area (Å²) >= 11 is 0. The van der Waals surface area contributed by atoms with Crippen molar-refractivity contribution in [3.8, 4) is 0 Å². The molecule has 1 rings (SSSR count). The van der Waals surface area contributed by atoms with Crippen LogP contribution in [0.5, 0.6) is 0 Å². The molecule has 0 unspecified atom stereocenters. The summed E-state index contributed by atoms with van der Waals surface area (Å²) in [6, 6.07) is 3.42. The molecule has 0 aliphatic heterocycles. The van der Waals surface area contributed by atoms with E-state index in [1.165, 1.54) is 186 Å². The second-order valence-corrected chi connectivity index (χ2v) is 16.2. The van der Waals surface area contributed by atoms with Crippen molar-refractivity contribution < 1.29 is 42.5 Å². The van der Waals surface area contributed by atoms with Gasteiger partial charge >= 0.3 is 29.6 Å². The molecule has 0 saturated heterocycles. The van der Waals surface area contributed by atoms with E-state index in [-0.39, 0.29) is 34.5 Å². The van der Waals surface area contributed by atoms with Gasteiger partial charge in [-0.2, -0.15) is 0 Å². The van der Waals surface area contributed by atoms with E-state index in [1.807, 2.05) is 6.07 Å². The first-order chi connectivity index (χ1) is 22.9. The molecule has 5 heteroatoms. The molecule has 276 valence electrons. The van der Waals surface area contributed by atoms with Gasteiger partial charge in [0, 0.05) is 0 Å². The summed E-state index contributed by atoms with van der Waals surface area (Å²) in [5.74, 6) is 0. The minimum Gasteiger partial charge on any atom is -0.744 e. The molecule has 0 spiro atoms. The molecule has 0 radical (unpaired) electrons. The van der Waals surface area contributed by atoms with E-state index in [2.05, 4.69) is 20.8 Å². The zero-order valence-electron chi connectivity index (χ0n) is 32.8. The van der Waals surface area contributed by atoms with Crippen LogP contribution in [0.4, 0.5) is 0 Å². The Morgan fingerprint density at radius 1 is 0.417 bits per heavy atom. The third-order valence-corrected chi connectivity index (χ3v) is 11.4. The monoisotopic (exact) mass is 699 g/mol. The first kappa shape index (κ1) is 48.1. The summed E-state index contributed by atoms with van der Waals surface area (Å²) in [6.07, 6.45) is 44.4. The standard InChI is InChI=1S/C43H80O3S.Na/c1-4-6-8-10-12-14-16-18-20-22-24-26-28-30-32-34-36-41-40(3)38-39-43(47(44,45)46)42(41)37-35-33-31-29-27-25-23-21-19-17-15-13-11-9-7-5-2;/h38-39H,4-37H2,1-3H3,(H,44,45,46);/q;+1/p-1. The molecule has 0 amide bonds. The van der Waals surface area contributed by atoms with Gasteiger partial charge < -0.3 is 4.55 Å². The number of benzene rings is 1. The summed E-state index contributed by atoms with van der Waals surface area (Å²) < 4.78 is 36.5. The van der Waals surface area contributed by atoms with Gasteiger partial charge in [0.25, 0.3) is 0 Å². The average molecular weight is 699 g/mol. The molecule has 0 N–H and O–H groups in total. The zero-order valence-corrected chi connectivity index (χ0v) is 35.6. The predicted octanol–water partition coefficient (Wildman–Crippen LogP) is 11.5. The molecule has 0 fully saturated rings. The van der Waals surface area contributed by atoms with Crippen molar-refractivity contribution in [2.24, 2.45) is 0 Å². The van der Waals surface area contributed by atoms with Gasteiger partial charge in [-0.05, 0) is 55.4 Å².